The van der Waals surface area contributed by atoms with Gasteiger partial charge in [0.05, 0.1) is 18.5 Å². The first-order valence-electron chi connectivity index (χ1n) is 8.23. The van der Waals surface area contributed by atoms with E-state index in [1.54, 1.807) is 30.3 Å². The molecule has 4 atom stereocenters. The van der Waals surface area contributed by atoms with Crippen LogP contribution in [0.15, 0.2) is 43.0 Å². The summed E-state index contributed by atoms with van der Waals surface area (Å²) in [4.78, 5) is 24.6. The lowest BCUT2D eigenvalue weighted by Gasteiger charge is -2.22. The Balaban J connectivity index is 1.69. The van der Waals surface area contributed by atoms with Crippen LogP contribution in [0.2, 0.25) is 0 Å². The van der Waals surface area contributed by atoms with E-state index in [0.29, 0.717) is 16.7 Å². The van der Waals surface area contributed by atoms with E-state index < -0.39 is 37.1 Å². The summed E-state index contributed by atoms with van der Waals surface area (Å²) in [5.41, 5.74) is 6.85. The molecule has 1 fully saturated rings. The number of esters is 1. The van der Waals surface area contributed by atoms with Gasteiger partial charge in [0.1, 0.15) is 24.1 Å². The Bertz CT molecular complexity index is 963. The fourth-order valence-electron chi connectivity index (χ4n) is 3.04. The van der Waals surface area contributed by atoms with Crippen molar-refractivity contribution < 1.29 is 24.5 Å². The number of aliphatic hydroxyl groups excluding tert-OH is 2. The lowest BCUT2D eigenvalue weighted by Crippen LogP contribution is -2.37. The number of nitrogens with two attached hydrogens (primary N) is 1. The predicted molar refractivity (Wildman–Crippen MR) is 92.4 cm³/mol. The van der Waals surface area contributed by atoms with Gasteiger partial charge in [-0.3, -0.25) is 4.57 Å². The second kappa shape index (κ2) is 6.91. The lowest BCUT2D eigenvalue weighted by molar-refractivity contribution is -0.0564. The maximum absolute atomic E-state index is 12.5. The third-order valence-electron chi connectivity index (χ3n) is 4.41. The molecule has 3 heterocycles. The van der Waals surface area contributed by atoms with Gasteiger partial charge in [0.15, 0.2) is 23.8 Å². The highest BCUT2D eigenvalue weighted by Crippen LogP contribution is 2.34. The van der Waals surface area contributed by atoms with E-state index in [9.17, 15) is 15.0 Å². The van der Waals surface area contributed by atoms with Crippen LogP contribution in [0, 0.1) is 0 Å². The number of hydrogen-bond donors (Lipinski definition) is 3. The predicted octanol–water partition coefficient (Wildman–Crippen LogP) is -0.115. The molecule has 0 spiro atoms. The van der Waals surface area contributed by atoms with Crippen molar-refractivity contribution >= 4 is 23.0 Å². The Hall–Kier alpha value is -3.08. The second-order valence-corrected chi connectivity index (χ2v) is 6.06. The SMILES string of the molecule is Nc1ncnc2c1ncn2[C@@H]1O[C@H](CO)[C@@H](O)[C@H]1OC(=O)c1ccccc1. The van der Waals surface area contributed by atoms with Gasteiger partial charge in [-0.25, -0.2) is 19.7 Å². The Morgan fingerprint density at radius 2 is 2.04 bits per heavy atom. The highest BCUT2D eigenvalue weighted by molar-refractivity contribution is 5.89. The van der Waals surface area contributed by atoms with Crippen LogP contribution < -0.4 is 5.73 Å². The molecular formula is C17H17N5O5. The Kier molecular flexibility index (Phi) is 4.44. The van der Waals surface area contributed by atoms with E-state index in [2.05, 4.69) is 15.0 Å². The fraction of sp³-hybridized carbons (Fsp3) is 0.294. The third-order valence-corrected chi connectivity index (χ3v) is 4.41. The van der Waals surface area contributed by atoms with Crippen molar-refractivity contribution in [1.29, 1.82) is 0 Å². The Labute approximate surface area is 153 Å². The van der Waals surface area contributed by atoms with Crippen LogP contribution in [0.25, 0.3) is 11.2 Å². The van der Waals surface area contributed by atoms with Crippen LogP contribution in [0.3, 0.4) is 0 Å². The summed E-state index contributed by atoms with van der Waals surface area (Å²) in [7, 11) is 0. The first-order valence-corrected chi connectivity index (χ1v) is 8.23. The maximum Gasteiger partial charge on any atom is 0.338 e. The molecule has 1 saturated heterocycles. The molecule has 0 amide bonds. The van der Waals surface area contributed by atoms with Gasteiger partial charge in [0.25, 0.3) is 0 Å². The molecule has 1 aliphatic rings. The standard InChI is InChI=1S/C17H17N5O5/c18-14-11-15(20-7-19-14)22(8-21-11)16-13(12(24)10(6-23)26-16)27-17(25)9-4-2-1-3-5-9/h1-5,7-8,10,12-13,16,23-24H,6H2,(H2,18,19,20)/t10-,12-,13-,16-/m1/s1. The van der Waals surface area contributed by atoms with Crippen LogP contribution in [0.5, 0.6) is 0 Å². The molecule has 10 heteroatoms. The average Bonchev–Trinajstić information content (AvgIpc) is 3.25. The van der Waals surface area contributed by atoms with Gasteiger partial charge < -0.3 is 25.4 Å². The maximum atomic E-state index is 12.5. The zero-order valence-electron chi connectivity index (χ0n) is 14.0. The molecule has 4 N–H and O–H groups in total. The summed E-state index contributed by atoms with van der Waals surface area (Å²) < 4.78 is 12.7. The monoisotopic (exact) mass is 371 g/mol. The third kappa shape index (κ3) is 2.99. The molecule has 27 heavy (non-hydrogen) atoms. The second-order valence-electron chi connectivity index (χ2n) is 6.06. The van der Waals surface area contributed by atoms with Crippen molar-refractivity contribution in [3.05, 3.63) is 48.5 Å². The number of carbonyl (C=O) groups is 1. The highest BCUT2D eigenvalue weighted by atomic mass is 16.6. The summed E-state index contributed by atoms with van der Waals surface area (Å²) in [6.07, 6.45) is -1.50. The van der Waals surface area contributed by atoms with Gasteiger partial charge in [-0.05, 0) is 12.1 Å². The first kappa shape index (κ1) is 17.3. The summed E-state index contributed by atoms with van der Waals surface area (Å²) in [5.74, 6) is -0.431. The number of ether oxygens (including phenoxy) is 2. The average molecular weight is 371 g/mol. The minimum absolute atomic E-state index is 0.189. The van der Waals surface area contributed by atoms with Gasteiger partial charge in [0.2, 0.25) is 0 Å². The van der Waals surface area contributed by atoms with E-state index in [4.69, 9.17) is 15.2 Å². The molecule has 0 aliphatic carbocycles. The smallest absolute Gasteiger partial charge is 0.338 e. The molecule has 0 radical (unpaired) electrons. The lowest BCUT2D eigenvalue weighted by atomic mass is 10.1. The normalized spacial score (nSPS) is 25.0. The Morgan fingerprint density at radius 3 is 2.78 bits per heavy atom. The fourth-order valence-corrected chi connectivity index (χ4v) is 3.04. The number of aliphatic hydroxyl groups is 2. The number of imidazole rings is 1. The van der Waals surface area contributed by atoms with E-state index in [1.165, 1.54) is 17.2 Å². The molecule has 3 aromatic rings. The number of carbonyl (C=O) groups excluding carboxylic acids is 1. The molecule has 0 bridgehead atoms. The van der Waals surface area contributed by atoms with E-state index in [1.807, 2.05) is 0 Å². The van der Waals surface area contributed by atoms with Crippen molar-refractivity contribution in [2.75, 3.05) is 12.3 Å². The first-order chi connectivity index (χ1) is 13.1. The summed E-state index contributed by atoms with van der Waals surface area (Å²) >= 11 is 0. The van der Waals surface area contributed by atoms with Crippen molar-refractivity contribution in [3.8, 4) is 0 Å². The Morgan fingerprint density at radius 1 is 1.26 bits per heavy atom. The van der Waals surface area contributed by atoms with Crippen LogP contribution >= 0.6 is 0 Å². The number of benzene rings is 1. The van der Waals surface area contributed by atoms with Crippen molar-refractivity contribution in [2.45, 2.75) is 24.5 Å². The van der Waals surface area contributed by atoms with Crippen LogP contribution in [-0.2, 0) is 9.47 Å². The topological polar surface area (TPSA) is 146 Å². The molecule has 0 saturated carbocycles. The number of anilines is 1. The van der Waals surface area contributed by atoms with Crippen molar-refractivity contribution in [1.82, 2.24) is 19.5 Å². The molecule has 2 aromatic heterocycles. The quantitative estimate of drug-likeness (QED) is 0.534. The molecule has 1 aliphatic heterocycles. The molecule has 1 aromatic carbocycles. The van der Waals surface area contributed by atoms with Gasteiger partial charge in [-0.2, -0.15) is 0 Å². The van der Waals surface area contributed by atoms with Gasteiger partial charge in [-0.15, -0.1) is 0 Å². The van der Waals surface area contributed by atoms with Crippen LogP contribution in [0.1, 0.15) is 16.6 Å². The highest BCUT2D eigenvalue weighted by Gasteiger charge is 2.47. The molecule has 10 nitrogen and oxygen atoms in total. The summed E-state index contributed by atoms with van der Waals surface area (Å²) in [6, 6.07) is 8.38. The number of hydrogen-bond acceptors (Lipinski definition) is 9. The van der Waals surface area contributed by atoms with E-state index in [-0.39, 0.29) is 5.82 Å². The van der Waals surface area contributed by atoms with Gasteiger partial charge in [0, 0.05) is 0 Å². The zero-order valence-corrected chi connectivity index (χ0v) is 14.0. The summed E-state index contributed by atoms with van der Waals surface area (Å²) in [5, 5.41) is 20.0. The van der Waals surface area contributed by atoms with Crippen LogP contribution in [0.4, 0.5) is 5.82 Å². The molecule has 0 unspecified atom stereocenters. The molecule has 140 valence electrons. The minimum atomic E-state index is -1.23. The van der Waals surface area contributed by atoms with Crippen molar-refractivity contribution in [3.63, 3.8) is 0 Å². The number of nitrogen functional groups attached to an aromatic ring is 1. The van der Waals surface area contributed by atoms with Crippen LogP contribution in [-0.4, -0.2) is 60.6 Å². The minimum Gasteiger partial charge on any atom is -0.451 e. The van der Waals surface area contributed by atoms with E-state index in [0.717, 1.165) is 0 Å². The van der Waals surface area contributed by atoms with E-state index >= 15 is 0 Å². The number of fused-ring (bicyclic) bond motifs is 1. The summed E-state index contributed by atoms with van der Waals surface area (Å²) in [6.45, 7) is -0.444. The number of nitrogens with zero attached hydrogens (tertiary/aromatic N) is 4. The van der Waals surface area contributed by atoms with Gasteiger partial charge >= 0.3 is 5.97 Å². The number of aromatic nitrogens is 4. The number of rotatable bonds is 4. The molecular weight excluding hydrogens is 354 g/mol. The zero-order chi connectivity index (χ0) is 19.0. The molecule has 4 rings (SSSR count). The van der Waals surface area contributed by atoms with Gasteiger partial charge in [-0.1, -0.05) is 18.2 Å². The largest absolute Gasteiger partial charge is 0.451 e. The van der Waals surface area contributed by atoms with Crippen molar-refractivity contribution in [2.24, 2.45) is 0 Å².